The molecule has 1 amide bonds. The second-order valence-electron chi connectivity index (χ2n) is 10.6. The maximum Gasteiger partial charge on any atom is 0.220 e. The standard InChI is InChI=1S/C28H34N8O/c1-3-29-12-20-13-30-15-23(18(20)2)19-4-5-24-22(10-19)26(35-34-24)27-31-14-21(33-27)16-36-8-6-28(7-9-36)11-25(37)32-17-28/h4-5,10,13-15,29H,3,6-9,11-12,16-17H2,1-2H3,(H,31,33)(H,32,37)(H,34,35). The summed E-state index contributed by atoms with van der Waals surface area (Å²) in [5.74, 6) is 0.974. The van der Waals surface area contributed by atoms with Gasteiger partial charge in [0.2, 0.25) is 5.91 Å². The first-order valence-corrected chi connectivity index (χ1v) is 13.2. The van der Waals surface area contributed by atoms with Crippen LogP contribution < -0.4 is 10.6 Å². The fourth-order valence-electron chi connectivity index (χ4n) is 5.75. The number of rotatable bonds is 7. The molecule has 4 aromatic rings. The molecule has 2 saturated heterocycles. The number of piperidine rings is 1. The fraction of sp³-hybridized carbons (Fsp3) is 0.429. The molecule has 5 heterocycles. The predicted octanol–water partition coefficient (Wildman–Crippen LogP) is 3.54. The molecule has 0 atom stereocenters. The molecule has 4 N–H and O–H groups in total. The molecule has 2 aliphatic rings. The van der Waals surface area contributed by atoms with E-state index in [0.29, 0.717) is 6.42 Å². The van der Waals surface area contributed by atoms with Gasteiger partial charge in [0.05, 0.1) is 11.7 Å². The largest absolute Gasteiger partial charge is 0.356 e. The number of amides is 1. The van der Waals surface area contributed by atoms with Crippen LogP contribution in [-0.2, 0) is 17.9 Å². The molecular formula is C28H34N8O. The number of pyridine rings is 1. The Bertz CT molecular complexity index is 1430. The van der Waals surface area contributed by atoms with Crippen molar-refractivity contribution in [2.24, 2.45) is 5.41 Å². The Balaban J connectivity index is 1.21. The highest BCUT2D eigenvalue weighted by atomic mass is 16.1. The highest BCUT2D eigenvalue weighted by Crippen LogP contribution is 2.38. The van der Waals surface area contributed by atoms with Crippen molar-refractivity contribution < 1.29 is 4.79 Å². The van der Waals surface area contributed by atoms with Gasteiger partial charge in [0.15, 0.2) is 5.82 Å². The number of aromatic amines is 2. The van der Waals surface area contributed by atoms with E-state index in [9.17, 15) is 4.79 Å². The van der Waals surface area contributed by atoms with Gasteiger partial charge in [-0.3, -0.25) is 19.8 Å². The summed E-state index contributed by atoms with van der Waals surface area (Å²) in [5.41, 5.74) is 7.74. The van der Waals surface area contributed by atoms with Crippen molar-refractivity contribution in [2.75, 3.05) is 26.2 Å². The normalized spacial score (nSPS) is 17.6. The molecule has 2 fully saturated rings. The van der Waals surface area contributed by atoms with Crippen LogP contribution >= 0.6 is 0 Å². The average molecular weight is 499 g/mol. The molecular weight excluding hydrogens is 464 g/mol. The second kappa shape index (κ2) is 9.72. The molecule has 6 rings (SSSR count). The quantitative estimate of drug-likeness (QED) is 0.310. The van der Waals surface area contributed by atoms with Crippen LogP contribution in [0.1, 0.15) is 43.0 Å². The Hall–Kier alpha value is -3.56. The maximum atomic E-state index is 11.7. The molecule has 1 spiro atoms. The topological polar surface area (TPSA) is 115 Å². The van der Waals surface area contributed by atoms with Crippen LogP contribution in [-0.4, -0.2) is 62.1 Å². The number of H-pyrrole nitrogens is 2. The summed E-state index contributed by atoms with van der Waals surface area (Å²) in [4.78, 5) is 26.9. The van der Waals surface area contributed by atoms with Crippen molar-refractivity contribution in [1.29, 1.82) is 0 Å². The highest BCUT2D eigenvalue weighted by Gasteiger charge is 2.40. The van der Waals surface area contributed by atoms with Crippen molar-refractivity contribution in [1.82, 2.24) is 40.7 Å². The number of likely N-dealkylation sites (tertiary alicyclic amines) is 1. The molecule has 192 valence electrons. The molecule has 0 aliphatic carbocycles. The van der Waals surface area contributed by atoms with Crippen molar-refractivity contribution in [2.45, 2.75) is 46.2 Å². The molecule has 9 nitrogen and oxygen atoms in total. The summed E-state index contributed by atoms with van der Waals surface area (Å²) in [7, 11) is 0. The fourth-order valence-corrected chi connectivity index (χ4v) is 5.75. The lowest BCUT2D eigenvalue weighted by molar-refractivity contribution is -0.119. The average Bonchev–Trinajstić information content (AvgIpc) is 3.63. The number of benzene rings is 1. The van der Waals surface area contributed by atoms with Crippen molar-refractivity contribution in [3.63, 3.8) is 0 Å². The Labute approximate surface area is 216 Å². The summed E-state index contributed by atoms with van der Waals surface area (Å²) in [6, 6.07) is 6.38. The van der Waals surface area contributed by atoms with Crippen molar-refractivity contribution in [3.05, 3.63) is 53.6 Å². The van der Waals surface area contributed by atoms with Gasteiger partial charge in [-0.1, -0.05) is 13.0 Å². The summed E-state index contributed by atoms with van der Waals surface area (Å²) < 4.78 is 0. The number of carbonyl (C=O) groups excluding carboxylic acids is 1. The zero-order valence-corrected chi connectivity index (χ0v) is 21.5. The summed E-state index contributed by atoms with van der Waals surface area (Å²) in [5, 5.41) is 15.2. The Kier molecular flexibility index (Phi) is 6.26. The minimum absolute atomic E-state index is 0.165. The number of hydrogen-bond acceptors (Lipinski definition) is 6. The van der Waals surface area contributed by atoms with E-state index in [0.717, 1.165) is 91.4 Å². The third-order valence-corrected chi connectivity index (χ3v) is 8.12. The molecule has 2 aliphatic heterocycles. The number of nitrogens with zero attached hydrogens (tertiary/aromatic N) is 4. The second-order valence-corrected chi connectivity index (χ2v) is 10.6. The Morgan fingerprint density at radius 3 is 2.81 bits per heavy atom. The predicted molar refractivity (Wildman–Crippen MR) is 144 cm³/mol. The molecule has 1 aromatic carbocycles. The highest BCUT2D eigenvalue weighted by molar-refractivity contribution is 5.94. The van der Waals surface area contributed by atoms with Crippen LogP contribution in [0.3, 0.4) is 0 Å². The number of imidazole rings is 1. The molecule has 0 unspecified atom stereocenters. The van der Waals surface area contributed by atoms with Gasteiger partial charge in [-0.05, 0) is 73.6 Å². The smallest absolute Gasteiger partial charge is 0.220 e. The van der Waals surface area contributed by atoms with Gasteiger partial charge in [-0.25, -0.2) is 4.98 Å². The number of aromatic nitrogens is 5. The molecule has 3 aromatic heterocycles. The van der Waals surface area contributed by atoms with Gasteiger partial charge >= 0.3 is 0 Å². The minimum Gasteiger partial charge on any atom is -0.356 e. The van der Waals surface area contributed by atoms with E-state index in [1.807, 2.05) is 18.6 Å². The molecule has 0 saturated carbocycles. The first-order chi connectivity index (χ1) is 18.0. The maximum absolute atomic E-state index is 11.7. The number of hydrogen-bond donors (Lipinski definition) is 4. The minimum atomic E-state index is 0.165. The van der Waals surface area contributed by atoms with Crippen LogP contribution in [0.25, 0.3) is 33.5 Å². The van der Waals surface area contributed by atoms with Crippen molar-refractivity contribution >= 4 is 16.8 Å². The van der Waals surface area contributed by atoms with Gasteiger partial charge in [0.1, 0.15) is 5.69 Å². The zero-order chi connectivity index (χ0) is 25.4. The lowest BCUT2D eigenvalue weighted by atomic mass is 9.77. The summed E-state index contributed by atoms with van der Waals surface area (Å²) in [6.45, 7) is 9.66. The summed E-state index contributed by atoms with van der Waals surface area (Å²) in [6.07, 6.45) is 8.60. The van der Waals surface area contributed by atoms with Crippen LogP contribution in [0.4, 0.5) is 0 Å². The SMILES string of the molecule is CCNCc1cncc(-c2ccc3[nH]nc(-c4ncc(CN5CCC6(CC5)CNC(=O)C6)[nH]4)c3c2)c1C. The van der Waals surface area contributed by atoms with Gasteiger partial charge in [-0.2, -0.15) is 5.10 Å². The van der Waals surface area contributed by atoms with Gasteiger partial charge in [0.25, 0.3) is 0 Å². The first kappa shape index (κ1) is 23.8. The van der Waals surface area contributed by atoms with Crippen LogP contribution in [0.15, 0.2) is 36.8 Å². The van der Waals surface area contributed by atoms with E-state index in [2.05, 4.69) is 72.7 Å². The monoisotopic (exact) mass is 498 g/mol. The Morgan fingerprint density at radius 2 is 2.03 bits per heavy atom. The molecule has 37 heavy (non-hydrogen) atoms. The molecule has 9 heteroatoms. The lowest BCUT2D eigenvalue weighted by Gasteiger charge is -2.37. The first-order valence-electron chi connectivity index (χ1n) is 13.2. The van der Waals surface area contributed by atoms with E-state index in [-0.39, 0.29) is 11.3 Å². The third-order valence-electron chi connectivity index (χ3n) is 8.12. The van der Waals surface area contributed by atoms with Crippen LogP contribution in [0, 0.1) is 12.3 Å². The van der Waals surface area contributed by atoms with Gasteiger partial charge in [0, 0.05) is 55.1 Å². The molecule has 0 radical (unpaired) electrons. The van der Waals surface area contributed by atoms with E-state index < -0.39 is 0 Å². The lowest BCUT2D eigenvalue weighted by Crippen LogP contribution is -2.40. The zero-order valence-electron chi connectivity index (χ0n) is 21.5. The number of nitrogens with one attached hydrogen (secondary N) is 4. The number of fused-ring (bicyclic) bond motifs is 1. The van der Waals surface area contributed by atoms with Crippen LogP contribution in [0.5, 0.6) is 0 Å². The Morgan fingerprint density at radius 1 is 1.16 bits per heavy atom. The summed E-state index contributed by atoms with van der Waals surface area (Å²) >= 11 is 0. The van der Waals surface area contributed by atoms with Crippen LogP contribution in [0.2, 0.25) is 0 Å². The number of carbonyl (C=O) groups is 1. The van der Waals surface area contributed by atoms with Gasteiger partial charge in [-0.15, -0.1) is 0 Å². The van der Waals surface area contributed by atoms with Crippen molar-refractivity contribution in [3.8, 4) is 22.6 Å². The van der Waals surface area contributed by atoms with E-state index in [4.69, 9.17) is 0 Å². The van der Waals surface area contributed by atoms with E-state index in [1.165, 1.54) is 11.1 Å². The van der Waals surface area contributed by atoms with E-state index >= 15 is 0 Å². The molecule has 0 bridgehead atoms. The third kappa shape index (κ3) is 4.65. The van der Waals surface area contributed by atoms with E-state index in [1.54, 1.807) is 0 Å². The van der Waals surface area contributed by atoms with Gasteiger partial charge < -0.3 is 15.6 Å².